The van der Waals surface area contributed by atoms with Crippen molar-refractivity contribution in [3.05, 3.63) is 0 Å². The van der Waals surface area contributed by atoms with Crippen LogP contribution in [-0.2, 0) is 14.3 Å². The first-order chi connectivity index (χ1) is 10.5. The van der Waals surface area contributed by atoms with E-state index in [0.717, 1.165) is 35.3 Å². The van der Waals surface area contributed by atoms with E-state index >= 15 is 0 Å². The van der Waals surface area contributed by atoms with Crippen LogP contribution in [0.2, 0.25) is 0 Å². The number of esters is 1. The third kappa shape index (κ3) is 9.41. The highest BCUT2D eigenvalue weighted by Crippen LogP contribution is 2.31. The number of hydrogen-bond acceptors (Lipinski definition) is 9. The van der Waals surface area contributed by atoms with E-state index in [0.29, 0.717) is 17.3 Å². The minimum Gasteiger partial charge on any atom is -0.481 e. The molecule has 0 aromatic carbocycles. The molecule has 0 radical (unpaired) electrons. The predicted octanol–water partition coefficient (Wildman–Crippen LogP) is 2.02. The van der Waals surface area contributed by atoms with Crippen molar-refractivity contribution >= 4 is 47.2 Å². The maximum Gasteiger partial charge on any atom is 0.306 e. The van der Waals surface area contributed by atoms with Crippen molar-refractivity contribution in [2.45, 2.75) is 12.8 Å². The van der Waals surface area contributed by atoms with Crippen molar-refractivity contribution < 1.29 is 19.4 Å². The maximum atomic E-state index is 11.5. The van der Waals surface area contributed by atoms with Crippen LogP contribution < -0.4 is 0 Å². The lowest BCUT2D eigenvalue weighted by Crippen LogP contribution is -2.36. The first-order valence-corrected chi connectivity index (χ1v) is 8.85. The van der Waals surface area contributed by atoms with Gasteiger partial charge in [0.1, 0.15) is 16.2 Å². The summed E-state index contributed by atoms with van der Waals surface area (Å²) in [5.74, 6) is -0.835. The van der Waals surface area contributed by atoms with E-state index in [1.165, 1.54) is 0 Å². The molecule has 0 rings (SSSR count). The maximum absolute atomic E-state index is 11.5. The molecular formula is C12H13N3O4S3. The van der Waals surface area contributed by atoms with Crippen LogP contribution in [0.5, 0.6) is 0 Å². The molecule has 0 bridgehead atoms. The summed E-state index contributed by atoms with van der Waals surface area (Å²) in [6, 6.07) is 0. The van der Waals surface area contributed by atoms with Gasteiger partial charge in [-0.3, -0.25) is 9.59 Å². The Bertz CT molecular complexity index is 462. The summed E-state index contributed by atoms with van der Waals surface area (Å²) in [6.45, 7) is -0.0660. The second-order valence-electron chi connectivity index (χ2n) is 4.19. The zero-order chi connectivity index (χ0) is 16.8. The Morgan fingerprint density at radius 3 is 1.77 bits per heavy atom. The molecule has 10 heteroatoms. The molecule has 0 saturated carbocycles. The largest absolute Gasteiger partial charge is 0.481 e. The van der Waals surface area contributed by atoms with Crippen molar-refractivity contribution in [1.82, 2.24) is 0 Å². The van der Waals surface area contributed by atoms with Crippen LogP contribution in [0.25, 0.3) is 0 Å². The molecule has 0 saturated heterocycles. The fraction of sp³-hybridized carbons (Fsp3) is 0.583. The van der Waals surface area contributed by atoms with E-state index in [2.05, 4.69) is 0 Å². The molecular weight excluding hydrogens is 346 g/mol. The van der Waals surface area contributed by atoms with Crippen molar-refractivity contribution in [2.24, 2.45) is 5.41 Å². The number of nitriles is 3. The normalized spacial score (nSPS) is 10.0. The second kappa shape index (κ2) is 12.0. The predicted molar refractivity (Wildman–Crippen MR) is 84.5 cm³/mol. The first kappa shape index (κ1) is 20.5. The average Bonchev–Trinajstić information content (AvgIpc) is 2.51. The topological polar surface area (TPSA) is 135 Å². The number of carbonyl (C=O) groups is 2. The smallest absolute Gasteiger partial charge is 0.306 e. The zero-order valence-corrected chi connectivity index (χ0v) is 13.9. The molecule has 0 spiro atoms. The number of carboxylic acids is 1. The summed E-state index contributed by atoms with van der Waals surface area (Å²) in [4.78, 5) is 21.9. The Balaban J connectivity index is 4.75. The number of thiocyanates is 3. The minimum atomic E-state index is -1.09. The molecule has 0 heterocycles. The number of rotatable bonds is 11. The molecule has 0 aromatic rings. The second-order valence-corrected chi connectivity index (χ2v) is 6.47. The van der Waals surface area contributed by atoms with Crippen LogP contribution in [0.3, 0.4) is 0 Å². The van der Waals surface area contributed by atoms with Crippen LogP contribution in [0, 0.1) is 37.4 Å². The molecule has 0 aliphatic carbocycles. The molecule has 0 atom stereocenters. The van der Waals surface area contributed by atoms with E-state index < -0.39 is 17.4 Å². The van der Waals surface area contributed by atoms with Crippen molar-refractivity contribution in [3.63, 3.8) is 0 Å². The van der Waals surface area contributed by atoms with Crippen molar-refractivity contribution in [2.75, 3.05) is 23.9 Å². The van der Waals surface area contributed by atoms with Gasteiger partial charge in [-0.05, 0) is 35.3 Å². The van der Waals surface area contributed by atoms with Gasteiger partial charge in [0.05, 0.1) is 19.4 Å². The average molecular weight is 359 g/mol. The Morgan fingerprint density at radius 1 is 0.955 bits per heavy atom. The number of carboxylic acid groups (broad SMARTS) is 1. The highest BCUT2D eigenvalue weighted by molar-refractivity contribution is 8.05. The van der Waals surface area contributed by atoms with Gasteiger partial charge in [0.2, 0.25) is 0 Å². The molecule has 118 valence electrons. The Hall–Kier alpha value is -1.54. The van der Waals surface area contributed by atoms with Crippen LogP contribution in [0.4, 0.5) is 0 Å². The van der Waals surface area contributed by atoms with Gasteiger partial charge in [0.15, 0.2) is 0 Å². The van der Waals surface area contributed by atoms with Crippen LogP contribution in [-0.4, -0.2) is 40.9 Å². The summed E-state index contributed by atoms with van der Waals surface area (Å²) in [5, 5.41) is 40.4. The standard InChI is InChI=1S/C12H13N3O4S3/c13-7-20-4-12(5-21-8-14,6-22-9-15)3-19-11(18)2-1-10(16)17/h1-6H2,(H,16,17). The molecule has 0 aromatic heterocycles. The van der Waals surface area contributed by atoms with Gasteiger partial charge in [0, 0.05) is 22.7 Å². The Morgan fingerprint density at radius 2 is 1.41 bits per heavy atom. The number of aliphatic carboxylic acids is 1. The summed E-state index contributed by atoms with van der Waals surface area (Å²) in [6.07, 6.45) is -0.563. The number of carbonyl (C=O) groups excluding carboxylic acids is 1. The number of nitrogens with zero attached hydrogens (tertiary/aromatic N) is 3. The monoisotopic (exact) mass is 359 g/mol. The summed E-state index contributed by atoms with van der Waals surface area (Å²) in [7, 11) is 0. The lowest BCUT2D eigenvalue weighted by atomic mass is 9.97. The van der Waals surface area contributed by atoms with Crippen LogP contribution >= 0.6 is 35.3 Å². The van der Waals surface area contributed by atoms with Gasteiger partial charge in [-0.25, -0.2) is 0 Å². The molecule has 0 fully saturated rings. The van der Waals surface area contributed by atoms with E-state index in [1.54, 1.807) is 0 Å². The number of thioether (sulfide) groups is 3. The molecule has 0 aliphatic rings. The lowest BCUT2D eigenvalue weighted by Gasteiger charge is -2.29. The molecule has 0 aliphatic heterocycles. The van der Waals surface area contributed by atoms with Gasteiger partial charge < -0.3 is 9.84 Å². The van der Waals surface area contributed by atoms with E-state index in [-0.39, 0.29) is 19.4 Å². The zero-order valence-electron chi connectivity index (χ0n) is 11.5. The van der Waals surface area contributed by atoms with Crippen LogP contribution in [0.15, 0.2) is 0 Å². The first-order valence-electron chi connectivity index (χ1n) is 5.90. The molecule has 0 amide bonds. The van der Waals surface area contributed by atoms with Gasteiger partial charge in [-0.15, -0.1) is 0 Å². The van der Waals surface area contributed by atoms with Crippen LogP contribution in [0.1, 0.15) is 12.8 Å². The quantitative estimate of drug-likeness (QED) is 0.431. The molecule has 1 N–H and O–H groups in total. The summed E-state index contributed by atoms with van der Waals surface area (Å²) in [5.41, 5.74) is -0.694. The van der Waals surface area contributed by atoms with Gasteiger partial charge in [-0.2, -0.15) is 15.8 Å². The van der Waals surface area contributed by atoms with Crippen molar-refractivity contribution in [1.29, 1.82) is 15.8 Å². The SMILES string of the molecule is N#CSCC(COC(=O)CCC(=O)O)(CSC#N)CSC#N. The molecule has 0 unspecified atom stereocenters. The Labute approximate surface area is 141 Å². The Kier molecular flexibility index (Phi) is 11.2. The van der Waals surface area contributed by atoms with Gasteiger partial charge >= 0.3 is 11.9 Å². The summed E-state index contributed by atoms with van der Waals surface area (Å²) < 4.78 is 5.08. The van der Waals surface area contributed by atoms with Gasteiger partial charge in [-0.1, -0.05) is 0 Å². The molecule has 7 nitrogen and oxygen atoms in total. The van der Waals surface area contributed by atoms with E-state index in [9.17, 15) is 9.59 Å². The fourth-order valence-electron chi connectivity index (χ4n) is 1.32. The third-order valence-corrected chi connectivity index (χ3v) is 5.07. The fourth-order valence-corrected chi connectivity index (χ4v) is 3.68. The third-order valence-electron chi connectivity index (χ3n) is 2.41. The number of hydrogen-bond donors (Lipinski definition) is 1. The summed E-state index contributed by atoms with van der Waals surface area (Å²) >= 11 is 2.88. The highest BCUT2D eigenvalue weighted by atomic mass is 32.2. The van der Waals surface area contributed by atoms with Crippen molar-refractivity contribution in [3.8, 4) is 16.2 Å². The number of ether oxygens (including phenoxy) is 1. The van der Waals surface area contributed by atoms with Gasteiger partial charge in [0.25, 0.3) is 0 Å². The molecule has 22 heavy (non-hydrogen) atoms. The van der Waals surface area contributed by atoms with E-state index in [1.807, 2.05) is 16.2 Å². The minimum absolute atomic E-state index is 0.0660. The lowest BCUT2D eigenvalue weighted by molar-refractivity contribution is -0.149. The highest BCUT2D eigenvalue weighted by Gasteiger charge is 2.33. The van der Waals surface area contributed by atoms with E-state index in [4.69, 9.17) is 25.6 Å².